The fourth-order valence-electron chi connectivity index (χ4n) is 3.48. The van der Waals surface area contributed by atoms with Crippen LogP contribution in [0.15, 0.2) is 78.9 Å². The minimum Gasteiger partial charge on any atom is -0.494 e. The van der Waals surface area contributed by atoms with Gasteiger partial charge in [-0.1, -0.05) is 49.1 Å². The second-order valence-electron chi connectivity index (χ2n) is 7.77. The molecule has 0 amide bonds. The molecule has 3 heteroatoms. The molecule has 0 unspecified atom stereocenters. The molecule has 0 aliphatic carbocycles. The van der Waals surface area contributed by atoms with Crippen molar-refractivity contribution in [2.24, 2.45) is 0 Å². The van der Waals surface area contributed by atoms with Gasteiger partial charge >= 0.3 is 0 Å². The number of rotatable bonds is 6. The Kier molecular flexibility index (Phi) is 6.82. The summed E-state index contributed by atoms with van der Waals surface area (Å²) in [5.74, 6) is 5.48. The van der Waals surface area contributed by atoms with E-state index in [1.54, 1.807) is 12.1 Å². The fourth-order valence-corrected chi connectivity index (χ4v) is 3.48. The Hall–Kier alpha value is -3.64. The molecule has 0 N–H and O–H groups in total. The Bertz CT molecular complexity index is 1260. The monoisotopic (exact) mass is 426 g/mol. The smallest absolute Gasteiger partial charge is 0.159 e. The lowest BCUT2D eigenvalue weighted by molar-refractivity contribution is 0.317. The summed E-state index contributed by atoms with van der Waals surface area (Å²) in [5.41, 5.74) is 4.21. The summed E-state index contributed by atoms with van der Waals surface area (Å²) in [6.45, 7) is 2.84. The number of benzene rings is 4. The van der Waals surface area contributed by atoms with Crippen LogP contribution in [-0.2, 0) is 12.8 Å². The Balaban J connectivity index is 1.37. The first-order valence-electron chi connectivity index (χ1n) is 10.8. The molecule has 0 saturated heterocycles. The van der Waals surface area contributed by atoms with Crippen molar-refractivity contribution in [2.75, 3.05) is 6.61 Å². The van der Waals surface area contributed by atoms with Gasteiger partial charge in [-0.05, 0) is 89.7 Å². The van der Waals surface area contributed by atoms with E-state index in [0.29, 0.717) is 10.8 Å². The van der Waals surface area contributed by atoms with Gasteiger partial charge in [-0.3, -0.25) is 0 Å². The third-order valence-corrected chi connectivity index (χ3v) is 5.28. The van der Waals surface area contributed by atoms with Crippen molar-refractivity contribution in [1.82, 2.24) is 0 Å². The van der Waals surface area contributed by atoms with Gasteiger partial charge in [0.15, 0.2) is 11.6 Å². The molecule has 0 aliphatic heterocycles. The summed E-state index contributed by atoms with van der Waals surface area (Å²) >= 11 is 0. The van der Waals surface area contributed by atoms with E-state index in [-0.39, 0.29) is 0 Å². The van der Waals surface area contributed by atoms with Crippen LogP contribution in [0.2, 0.25) is 0 Å². The highest BCUT2D eigenvalue weighted by molar-refractivity contribution is 5.84. The Morgan fingerprint density at radius 3 is 1.88 bits per heavy atom. The highest BCUT2D eigenvalue weighted by Gasteiger charge is 2.04. The predicted octanol–water partition coefficient (Wildman–Crippen LogP) is 7.09. The van der Waals surface area contributed by atoms with Crippen molar-refractivity contribution in [3.05, 3.63) is 113 Å². The molecule has 0 fully saturated rings. The standard InChI is InChI=1S/C29H24F2O/c1-2-17-32-27-15-12-23(13-16-27)8-7-21-3-5-22(6-4-21)9-10-24-11-14-25-19-28(30)29(31)20-26(25)18-24/h3-6,11-16,18-20H,2,7-8,17H2,1H3. The average Bonchev–Trinajstić information content (AvgIpc) is 2.82. The van der Waals surface area contributed by atoms with Gasteiger partial charge in [0.25, 0.3) is 0 Å². The van der Waals surface area contributed by atoms with Crippen molar-refractivity contribution < 1.29 is 13.5 Å². The van der Waals surface area contributed by atoms with Gasteiger partial charge in [-0.15, -0.1) is 0 Å². The number of ether oxygens (including phenoxy) is 1. The third-order valence-electron chi connectivity index (χ3n) is 5.28. The highest BCUT2D eigenvalue weighted by Crippen LogP contribution is 2.20. The molecular formula is C29H24F2O. The van der Waals surface area contributed by atoms with E-state index in [4.69, 9.17) is 4.74 Å². The summed E-state index contributed by atoms with van der Waals surface area (Å²) in [7, 11) is 0. The zero-order valence-corrected chi connectivity index (χ0v) is 18.0. The number of hydrogen-bond donors (Lipinski definition) is 0. The summed E-state index contributed by atoms with van der Waals surface area (Å²) in [6, 6.07) is 24.3. The molecule has 32 heavy (non-hydrogen) atoms. The van der Waals surface area contributed by atoms with E-state index in [9.17, 15) is 8.78 Å². The first-order valence-corrected chi connectivity index (χ1v) is 10.8. The number of hydrogen-bond acceptors (Lipinski definition) is 1. The number of aryl methyl sites for hydroxylation is 2. The maximum absolute atomic E-state index is 13.5. The molecule has 0 aromatic heterocycles. The van der Waals surface area contributed by atoms with Crippen LogP contribution in [0.5, 0.6) is 5.75 Å². The molecular weight excluding hydrogens is 402 g/mol. The van der Waals surface area contributed by atoms with E-state index >= 15 is 0 Å². The van der Waals surface area contributed by atoms with Crippen LogP contribution in [0.4, 0.5) is 8.78 Å². The van der Waals surface area contributed by atoms with E-state index in [0.717, 1.165) is 42.7 Å². The molecule has 4 aromatic rings. The zero-order chi connectivity index (χ0) is 22.3. The van der Waals surface area contributed by atoms with Gasteiger partial charge in [0.2, 0.25) is 0 Å². The minimum atomic E-state index is -0.848. The SMILES string of the molecule is CCCOc1ccc(CCc2ccc(C#Cc3ccc4cc(F)c(F)cc4c3)cc2)cc1. The number of halogens is 2. The third kappa shape index (κ3) is 5.53. The summed E-state index contributed by atoms with van der Waals surface area (Å²) in [6.07, 6.45) is 2.93. The molecule has 1 nitrogen and oxygen atoms in total. The molecule has 4 aromatic carbocycles. The lowest BCUT2D eigenvalue weighted by Crippen LogP contribution is -1.96. The van der Waals surface area contributed by atoms with Gasteiger partial charge in [-0.25, -0.2) is 8.78 Å². The normalized spacial score (nSPS) is 10.6. The summed E-state index contributed by atoms with van der Waals surface area (Å²) < 4.78 is 32.5. The topological polar surface area (TPSA) is 9.23 Å². The second kappa shape index (κ2) is 10.1. The van der Waals surface area contributed by atoms with E-state index in [1.165, 1.54) is 23.3 Å². The predicted molar refractivity (Wildman–Crippen MR) is 126 cm³/mol. The average molecular weight is 427 g/mol. The van der Waals surface area contributed by atoms with Crippen LogP contribution >= 0.6 is 0 Å². The summed E-state index contributed by atoms with van der Waals surface area (Å²) in [4.78, 5) is 0. The molecule has 0 heterocycles. The molecule has 0 radical (unpaired) electrons. The lowest BCUT2D eigenvalue weighted by atomic mass is 10.0. The highest BCUT2D eigenvalue weighted by atomic mass is 19.2. The van der Waals surface area contributed by atoms with E-state index in [1.807, 2.05) is 30.3 Å². The van der Waals surface area contributed by atoms with E-state index in [2.05, 4.69) is 43.0 Å². The Morgan fingerprint density at radius 1 is 0.656 bits per heavy atom. The molecule has 0 atom stereocenters. The Labute approximate surface area is 187 Å². The van der Waals surface area contributed by atoms with Crippen molar-refractivity contribution in [3.8, 4) is 17.6 Å². The van der Waals surface area contributed by atoms with Crippen molar-refractivity contribution in [2.45, 2.75) is 26.2 Å². The van der Waals surface area contributed by atoms with Crippen molar-refractivity contribution >= 4 is 10.8 Å². The Morgan fingerprint density at radius 2 is 1.22 bits per heavy atom. The van der Waals surface area contributed by atoms with Crippen LogP contribution in [0.3, 0.4) is 0 Å². The molecule has 0 aliphatic rings. The molecule has 0 bridgehead atoms. The van der Waals surface area contributed by atoms with Gasteiger partial charge in [-0.2, -0.15) is 0 Å². The summed E-state index contributed by atoms with van der Waals surface area (Å²) in [5, 5.41) is 1.29. The maximum atomic E-state index is 13.5. The molecule has 4 rings (SSSR count). The fraction of sp³-hybridized carbons (Fsp3) is 0.172. The van der Waals surface area contributed by atoms with Gasteiger partial charge in [0.05, 0.1) is 6.61 Å². The first-order chi connectivity index (χ1) is 15.6. The first kappa shape index (κ1) is 21.6. The van der Waals surface area contributed by atoms with Crippen molar-refractivity contribution in [1.29, 1.82) is 0 Å². The number of fused-ring (bicyclic) bond motifs is 1. The lowest BCUT2D eigenvalue weighted by Gasteiger charge is -2.06. The molecule has 160 valence electrons. The second-order valence-corrected chi connectivity index (χ2v) is 7.77. The van der Waals surface area contributed by atoms with Crippen molar-refractivity contribution in [3.63, 3.8) is 0 Å². The molecule has 0 spiro atoms. The van der Waals surface area contributed by atoms with Gasteiger partial charge in [0.1, 0.15) is 5.75 Å². The molecule has 0 saturated carbocycles. The van der Waals surface area contributed by atoms with Crippen LogP contribution < -0.4 is 4.74 Å². The quantitative estimate of drug-likeness (QED) is 0.299. The van der Waals surface area contributed by atoms with Crippen LogP contribution in [-0.4, -0.2) is 6.61 Å². The van der Waals surface area contributed by atoms with Crippen LogP contribution in [0.1, 0.15) is 35.6 Å². The van der Waals surface area contributed by atoms with Gasteiger partial charge in [0, 0.05) is 11.1 Å². The van der Waals surface area contributed by atoms with Gasteiger partial charge < -0.3 is 4.74 Å². The van der Waals surface area contributed by atoms with E-state index < -0.39 is 11.6 Å². The zero-order valence-electron chi connectivity index (χ0n) is 18.0. The largest absolute Gasteiger partial charge is 0.494 e. The maximum Gasteiger partial charge on any atom is 0.159 e. The van der Waals surface area contributed by atoms with Crippen LogP contribution in [0, 0.1) is 23.5 Å². The minimum absolute atomic E-state index is 0.635. The van der Waals surface area contributed by atoms with Crippen LogP contribution in [0.25, 0.3) is 10.8 Å².